The number of likely N-dealkylation sites (tertiary alicyclic amines) is 1. The number of ether oxygens (including phenoxy) is 1. The van der Waals surface area contributed by atoms with Crippen molar-refractivity contribution in [1.29, 1.82) is 0 Å². The summed E-state index contributed by atoms with van der Waals surface area (Å²) >= 11 is 0. The van der Waals surface area contributed by atoms with E-state index in [1.165, 1.54) is 0 Å². The van der Waals surface area contributed by atoms with Crippen molar-refractivity contribution in [2.24, 2.45) is 5.92 Å². The number of piperidine rings is 1. The fraction of sp³-hybridized carbons (Fsp3) is 0.324. The van der Waals surface area contributed by atoms with Gasteiger partial charge in [-0.15, -0.1) is 0 Å². The van der Waals surface area contributed by atoms with Crippen molar-refractivity contribution < 1.29 is 19.1 Å². The van der Waals surface area contributed by atoms with Gasteiger partial charge < -0.3 is 9.64 Å². The summed E-state index contributed by atoms with van der Waals surface area (Å²) in [6.45, 7) is 5.13. The Balaban J connectivity index is 1.34. The van der Waals surface area contributed by atoms with Crippen LogP contribution in [0.3, 0.4) is 0 Å². The van der Waals surface area contributed by atoms with Crippen LogP contribution in [-0.2, 0) is 19.7 Å². The van der Waals surface area contributed by atoms with Crippen LogP contribution in [-0.4, -0.2) is 42.3 Å². The molecule has 2 atom stereocenters. The average molecular weight is 522 g/mol. The van der Waals surface area contributed by atoms with Crippen LogP contribution >= 0.6 is 0 Å². The molecule has 1 fully saturated rings. The minimum absolute atomic E-state index is 0.108. The minimum Gasteiger partial charge on any atom is -0.461 e. The van der Waals surface area contributed by atoms with Crippen LogP contribution in [0.1, 0.15) is 65.1 Å². The predicted octanol–water partition coefficient (Wildman–Crippen LogP) is 6.09. The molecule has 1 aliphatic carbocycles. The van der Waals surface area contributed by atoms with Gasteiger partial charge in [0.05, 0.1) is 5.92 Å². The van der Waals surface area contributed by atoms with Crippen LogP contribution < -0.4 is 0 Å². The lowest BCUT2D eigenvalue weighted by Crippen LogP contribution is -2.46. The largest absolute Gasteiger partial charge is 0.461 e. The standard InChI is InChI=1S/C34H35NO4/c1-2-23-39-33(38)34(27-13-7-4-8-14-27)20-17-29(28-15-9-10-16-30(28)34)32(37)35-21-18-25(19-22-35)24-31(36)26-11-5-3-6-12-26/h2-16,25,29H,1,17-24H2/t29-,34+/m1/s1. The molecule has 5 rings (SSSR count). The zero-order chi connectivity index (χ0) is 27.2. The number of ketones is 1. The van der Waals surface area contributed by atoms with Crippen molar-refractivity contribution in [2.45, 2.75) is 43.4 Å². The van der Waals surface area contributed by atoms with Gasteiger partial charge in [0, 0.05) is 25.1 Å². The fourth-order valence-electron chi connectivity index (χ4n) is 6.29. The molecule has 0 radical (unpaired) electrons. The van der Waals surface area contributed by atoms with Crippen LogP contribution in [0.25, 0.3) is 0 Å². The molecule has 1 amide bonds. The topological polar surface area (TPSA) is 63.7 Å². The Labute approximate surface area is 230 Å². The summed E-state index contributed by atoms with van der Waals surface area (Å²) in [5.41, 5.74) is 2.40. The Morgan fingerprint density at radius 2 is 1.51 bits per heavy atom. The molecular weight excluding hydrogens is 486 g/mol. The van der Waals surface area contributed by atoms with Crippen LogP contribution in [0.5, 0.6) is 0 Å². The van der Waals surface area contributed by atoms with Crippen molar-refractivity contribution in [2.75, 3.05) is 19.7 Å². The second kappa shape index (κ2) is 11.8. The number of hydrogen-bond acceptors (Lipinski definition) is 4. The third-order valence-corrected chi connectivity index (χ3v) is 8.35. The number of rotatable bonds is 8. The molecule has 0 unspecified atom stereocenters. The molecule has 39 heavy (non-hydrogen) atoms. The SMILES string of the molecule is C=CCOC(=O)[C@]1(c2ccccc2)CC[C@@H](C(=O)N2CCC(CC(=O)c3ccccc3)CC2)c2ccccc21. The van der Waals surface area contributed by atoms with Crippen LogP contribution in [0, 0.1) is 5.92 Å². The Bertz CT molecular complexity index is 1330. The van der Waals surface area contributed by atoms with Crippen molar-refractivity contribution in [3.63, 3.8) is 0 Å². The fourth-order valence-corrected chi connectivity index (χ4v) is 6.29. The molecule has 5 heteroatoms. The average Bonchev–Trinajstić information content (AvgIpc) is 3.00. The lowest BCUT2D eigenvalue weighted by molar-refractivity contribution is -0.149. The zero-order valence-electron chi connectivity index (χ0n) is 22.3. The van der Waals surface area contributed by atoms with Gasteiger partial charge in [-0.2, -0.15) is 0 Å². The smallest absolute Gasteiger partial charge is 0.321 e. The number of esters is 1. The van der Waals surface area contributed by atoms with E-state index in [1.54, 1.807) is 6.08 Å². The first-order valence-electron chi connectivity index (χ1n) is 13.8. The molecular formula is C34H35NO4. The van der Waals surface area contributed by atoms with Crippen LogP contribution in [0.15, 0.2) is 97.6 Å². The molecule has 0 spiro atoms. The van der Waals surface area contributed by atoms with E-state index in [9.17, 15) is 14.4 Å². The summed E-state index contributed by atoms with van der Waals surface area (Å²) < 4.78 is 5.65. The minimum atomic E-state index is -0.970. The molecule has 1 aliphatic heterocycles. The Morgan fingerprint density at radius 3 is 2.21 bits per heavy atom. The lowest BCUT2D eigenvalue weighted by Gasteiger charge is -2.42. The van der Waals surface area contributed by atoms with E-state index in [0.717, 1.165) is 35.1 Å². The highest BCUT2D eigenvalue weighted by Gasteiger charge is 2.50. The normalized spacial score (nSPS) is 21.0. The van der Waals surface area contributed by atoms with Gasteiger partial charge in [0.1, 0.15) is 12.0 Å². The third kappa shape index (κ3) is 5.31. The second-order valence-electron chi connectivity index (χ2n) is 10.6. The first kappa shape index (κ1) is 26.6. The van der Waals surface area contributed by atoms with E-state index >= 15 is 0 Å². The van der Waals surface area contributed by atoms with E-state index in [2.05, 4.69) is 6.58 Å². The van der Waals surface area contributed by atoms with Gasteiger partial charge in [-0.05, 0) is 48.3 Å². The molecule has 1 saturated heterocycles. The first-order chi connectivity index (χ1) is 19.0. The predicted molar refractivity (Wildman–Crippen MR) is 151 cm³/mol. The highest BCUT2D eigenvalue weighted by molar-refractivity contribution is 5.96. The van der Waals surface area contributed by atoms with Crippen molar-refractivity contribution >= 4 is 17.7 Å². The van der Waals surface area contributed by atoms with E-state index in [1.807, 2.05) is 89.8 Å². The number of amides is 1. The van der Waals surface area contributed by atoms with Gasteiger partial charge in [0.15, 0.2) is 5.78 Å². The molecule has 0 bridgehead atoms. The molecule has 5 nitrogen and oxygen atoms in total. The monoisotopic (exact) mass is 521 g/mol. The van der Waals surface area contributed by atoms with Crippen LogP contribution in [0.2, 0.25) is 0 Å². The molecule has 2 aliphatic rings. The Morgan fingerprint density at radius 1 is 0.872 bits per heavy atom. The molecule has 3 aromatic carbocycles. The van der Waals surface area contributed by atoms with Crippen molar-refractivity contribution in [3.8, 4) is 0 Å². The summed E-state index contributed by atoms with van der Waals surface area (Å²) in [6, 6.07) is 27.0. The number of hydrogen-bond donors (Lipinski definition) is 0. The van der Waals surface area contributed by atoms with E-state index in [0.29, 0.717) is 32.4 Å². The zero-order valence-corrected chi connectivity index (χ0v) is 22.3. The van der Waals surface area contributed by atoms with Crippen molar-refractivity contribution in [1.82, 2.24) is 4.90 Å². The summed E-state index contributed by atoms with van der Waals surface area (Å²) in [6.07, 6.45) is 4.78. The van der Waals surface area contributed by atoms with Gasteiger partial charge >= 0.3 is 5.97 Å². The number of nitrogens with zero attached hydrogens (tertiary/aromatic N) is 1. The Kier molecular flexibility index (Phi) is 8.06. The second-order valence-corrected chi connectivity index (χ2v) is 10.6. The highest BCUT2D eigenvalue weighted by Crippen LogP contribution is 2.48. The molecule has 0 saturated carbocycles. The summed E-state index contributed by atoms with van der Waals surface area (Å²) in [5.74, 6) is -0.0621. The van der Waals surface area contributed by atoms with Gasteiger partial charge in [-0.3, -0.25) is 14.4 Å². The molecule has 1 heterocycles. The summed E-state index contributed by atoms with van der Waals surface area (Å²) in [5, 5.41) is 0. The highest BCUT2D eigenvalue weighted by atomic mass is 16.5. The van der Waals surface area contributed by atoms with Crippen molar-refractivity contribution in [3.05, 3.63) is 120 Å². The number of benzene rings is 3. The molecule has 0 N–H and O–H groups in total. The molecule has 3 aromatic rings. The summed E-state index contributed by atoms with van der Waals surface area (Å²) in [4.78, 5) is 42.2. The van der Waals surface area contributed by atoms with E-state index in [-0.39, 0.29) is 36.1 Å². The number of Topliss-reactive ketones (excluding diaryl/α,β-unsaturated/α-hetero) is 1. The van der Waals surface area contributed by atoms with E-state index in [4.69, 9.17) is 4.74 Å². The first-order valence-corrected chi connectivity index (χ1v) is 13.8. The number of carbonyl (C=O) groups is 3. The summed E-state index contributed by atoms with van der Waals surface area (Å²) in [7, 11) is 0. The number of fused-ring (bicyclic) bond motifs is 1. The quantitative estimate of drug-likeness (QED) is 0.204. The van der Waals surface area contributed by atoms with Gasteiger partial charge in [-0.25, -0.2) is 0 Å². The van der Waals surface area contributed by atoms with Gasteiger partial charge in [0.2, 0.25) is 5.91 Å². The Hall–Kier alpha value is -3.99. The lowest BCUT2D eigenvalue weighted by atomic mass is 9.63. The maximum Gasteiger partial charge on any atom is 0.321 e. The van der Waals surface area contributed by atoms with E-state index < -0.39 is 5.41 Å². The third-order valence-electron chi connectivity index (χ3n) is 8.35. The number of carbonyl (C=O) groups excluding carboxylic acids is 3. The molecule has 200 valence electrons. The van der Waals surface area contributed by atoms with Crippen LogP contribution in [0.4, 0.5) is 0 Å². The maximum absolute atomic E-state index is 13.9. The van der Waals surface area contributed by atoms with Gasteiger partial charge in [-0.1, -0.05) is 97.6 Å². The molecule has 0 aromatic heterocycles. The maximum atomic E-state index is 13.9. The van der Waals surface area contributed by atoms with Gasteiger partial charge in [0.25, 0.3) is 0 Å².